The third-order valence-corrected chi connectivity index (χ3v) is 4.43. The number of Topliss-reactive ketones (excluding diaryl/α,β-unsaturated/α-hetero) is 1. The van der Waals surface area contributed by atoms with Crippen molar-refractivity contribution in [2.75, 3.05) is 14.1 Å². The van der Waals surface area contributed by atoms with Crippen LogP contribution in [0.2, 0.25) is 0 Å². The summed E-state index contributed by atoms with van der Waals surface area (Å²) in [6.45, 7) is 0. The van der Waals surface area contributed by atoms with E-state index in [1.54, 1.807) is 0 Å². The van der Waals surface area contributed by atoms with E-state index in [9.17, 15) is 4.79 Å². The van der Waals surface area contributed by atoms with E-state index in [0.717, 1.165) is 24.2 Å². The number of para-hydroxylation sites is 1. The van der Waals surface area contributed by atoms with E-state index in [-0.39, 0.29) is 11.9 Å². The van der Waals surface area contributed by atoms with Crippen LogP contribution in [0.5, 0.6) is 5.75 Å². The number of benzene rings is 1. The molecule has 1 aliphatic carbocycles. The normalized spacial score (nSPS) is 24.6. The highest BCUT2D eigenvalue weighted by molar-refractivity contribution is 6.12. The van der Waals surface area contributed by atoms with Crippen LogP contribution in [0.25, 0.3) is 0 Å². The van der Waals surface area contributed by atoms with Gasteiger partial charge in [-0.05, 0) is 25.0 Å². The van der Waals surface area contributed by atoms with Gasteiger partial charge in [0.2, 0.25) is 0 Å². The lowest BCUT2D eigenvalue weighted by atomic mass is 9.79. The van der Waals surface area contributed by atoms with Gasteiger partial charge in [0, 0.05) is 26.2 Å². The second-order valence-corrected chi connectivity index (χ2v) is 6.31. The first-order valence-corrected chi connectivity index (χ1v) is 7.85. The van der Waals surface area contributed by atoms with E-state index in [1.165, 1.54) is 19.3 Å². The van der Waals surface area contributed by atoms with Crippen molar-refractivity contribution in [3.63, 3.8) is 0 Å². The fourth-order valence-corrected chi connectivity index (χ4v) is 3.44. The molecule has 0 bridgehead atoms. The lowest BCUT2D eigenvalue weighted by Crippen LogP contribution is -2.38. The quantitative estimate of drug-likeness (QED) is 0.777. The Hall–Kier alpha value is -1.77. The molecule has 3 nitrogen and oxygen atoms in total. The number of ether oxygens (including phenoxy) is 1. The van der Waals surface area contributed by atoms with Crippen molar-refractivity contribution in [2.45, 2.75) is 38.2 Å². The predicted molar refractivity (Wildman–Crippen MR) is 83.5 cm³/mol. The van der Waals surface area contributed by atoms with Gasteiger partial charge in [0.15, 0.2) is 5.78 Å². The minimum Gasteiger partial charge on any atom is -0.484 e. The summed E-state index contributed by atoms with van der Waals surface area (Å²) in [7, 11) is 3.91. The number of carbonyl (C=O) groups is 1. The molecule has 1 saturated carbocycles. The van der Waals surface area contributed by atoms with Crippen molar-refractivity contribution in [1.29, 1.82) is 0 Å². The molecule has 1 aromatic rings. The lowest BCUT2D eigenvalue weighted by Gasteiger charge is -2.35. The summed E-state index contributed by atoms with van der Waals surface area (Å²) >= 11 is 0. The topological polar surface area (TPSA) is 29.5 Å². The van der Waals surface area contributed by atoms with E-state index in [1.807, 2.05) is 49.5 Å². The molecule has 0 aromatic heterocycles. The maximum atomic E-state index is 12.8. The van der Waals surface area contributed by atoms with Crippen molar-refractivity contribution in [3.8, 4) is 5.75 Å². The number of ketones is 1. The van der Waals surface area contributed by atoms with Crippen LogP contribution in [0.1, 0.15) is 42.5 Å². The molecule has 112 valence electrons. The molecular weight excluding hydrogens is 262 g/mol. The van der Waals surface area contributed by atoms with Gasteiger partial charge in [-0.2, -0.15) is 0 Å². The zero-order valence-corrected chi connectivity index (χ0v) is 12.8. The van der Waals surface area contributed by atoms with Gasteiger partial charge in [-0.3, -0.25) is 4.79 Å². The molecule has 1 aliphatic heterocycles. The number of fused-ring (bicyclic) bond motifs is 1. The standard InChI is InChI=1S/C18H23NO2/c1-19(2)12-15-17(20)14-10-6-7-11-16(14)21-18(15)13-8-4-3-5-9-13/h6-7,10-13,18H,3-5,8-9H2,1-2H3/b15-12+/t18-/m0/s1. The molecule has 2 aliphatic rings. The number of hydrogen-bond acceptors (Lipinski definition) is 3. The van der Waals surface area contributed by atoms with Gasteiger partial charge >= 0.3 is 0 Å². The second-order valence-electron chi connectivity index (χ2n) is 6.31. The van der Waals surface area contributed by atoms with Gasteiger partial charge in [-0.25, -0.2) is 0 Å². The summed E-state index contributed by atoms with van der Waals surface area (Å²) in [5.74, 6) is 1.33. The molecule has 0 radical (unpaired) electrons. The van der Waals surface area contributed by atoms with Gasteiger partial charge in [0.05, 0.1) is 11.1 Å². The van der Waals surface area contributed by atoms with Crippen molar-refractivity contribution >= 4 is 5.78 Å². The third kappa shape index (κ3) is 2.82. The summed E-state index contributed by atoms with van der Waals surface area (Å²) in [5.41, 5.74) is 1.50. The van der Waals surface area contributed by atoms with Crippen molar-refractivity contribution in [2.24, 2.45) is 5.92 Å². The monoisotopic (exact) mass is 285 g/mol. The molecule has 0 spiro atoms. The zero-order chi connectivity index (χ0) is 14.8. The Morgan fingerprint density at radius 3 is 2.57 bits per heavy atom. The van der Waals surface area contributed by atoms with Crippen LogP contribution in [0.15, 0.2) is 36.0 Å². The molecule has 3 heteroatoms. The van der Waals surface area contributed by atoms with Crippen LogP contribution in [0.3, 0.4) is 0 Å². The molecule has 1 fully saturated rings. The molecule has 0 unspecified atom stereocenters. The van der Waals surface area contributed by atoms with Gasteiger partial charge < -0.3 is 9.64 Å². The van der Waals surface area contributed by atoms with Crippen molar-refractivity contribution < 1.29 is 9.53 Å². The average molecular weight is 285 g/mol. The second kappa shape index (κ2) is 5.92. The molecular formula is C18H23NO2. The summed E-state index contributed by atoms with van der Waals surface area (Å²) in [5, 5.41) is 0. The summed E-state index contributed by atoms with van der Waals surface area (Å²) < 4.78 is 6.24. The van der Waals surface area contributed by atoms with Crippen LogP contribution in [-0.2, 0) is 0 Å². The summed E-state index contributed by atoms with van der Waals surface area (Å²) in [4.78, 5) is 14.8. The first-order valence-electron chi connectivity index (χ1n) is 7.85. The van der Waals surface area contributed by atoms with E-state index >= 15 is 0 Å². The molecule has 21 heavy (non-hydrogen) atoms. The van der Waals surface area contributed by atoms with Crippen LogP contribution < -0.4 is 4.74 Å². The number of rotatable bonds is 2. The third-order valence-electron chi connectivity index (χ3n) is 4.43. The Bertz CT molecular complexity index is 556. The minimum atomic E-state index is -0.0879. The van der Waals surface area contributed by atoms with E-state index in [4.69, 9.17) is 4.74 Å². The van der Waals surface area contributed by atoms with E-state index in [2.05, 4.69) is 0 Å². The number of nitrogens with zero attached hydrogens (tertiary/aromatic N) is 1. The molecule has 1 heterocycles. The Morgan fingerprint density at radius 2 is 1.86 bits per heavy atom. The molecule has 1 aromatic carbocycles. The maximum absolute atomic E-state index is 12.8. The highest BCUT2D eigenvalue weighted by Gasteiger charge is 2.37. The molecule has 0 N–H and O–H groups in total. The zero-order valence-electron chi connectivity index (χ0n) is 12.8. The fraction of sp³-hybridized carbons (Fsp3) is 0.500. The first-order chi connectivity index (χ1) is 10.2. The first kappa shape index (κ1) is 14.2. The Morgan fingerprint density at radius 1 is 1.14 bits per heavy atom. The van der Waals surface area contributed by atoms with Crippen LogP contribution in [0.4, 0.5) is 0 Å². The molecule has 1 atom stereocenters. The fourth-order valence-electron chi connectivity index (χ4n) is 3.44. The van der Waals surface area contributed by atoms with Crippen molar-refractivity contribution in [3.05, 3.63) is 41.6 Å². The van der Waals surface area contributed by atoms with E-state index in [0.29, 0.717) is 11.5 Å². The van der Waals surface area contributed by atoms with Crippen LogP contribution in [0, 0.1) is 5.92 Å². The van der Waals surface area contributed by atoms with Crippen molar-refractivity contribution in [1.82, 2.24) is 4.90 Å². The Labute approximate surface area is 126 Å². The smallest absolute Gasteiger partial charge is 0.197 e. The maximum Gasteiger partial charge on any atom is 0.197 e. The van der Waals surface area contributed by atoms with Gasteiger partial charge in [0.25, 0.3) is 0 Å². The number of hydrogen-bond donors (Lipinski definition) is 0. The van der Waals surface area contributed by atoms with Gasteiger partial charge in [-0.15, -0.1) is 0 Å². The van der Waals surface area contributed by atoms with E-state index < -0.39 is 0 Å². The molecule has 0 saturated heterocycles. The average Bonchev–Trinajstić information content (AvgIpc) is 2.50. The largest absolute Gasteiger partial charge is 0.484 e. The van der Waals surface area contributed by atoms with Gasteiger partial charge in [-0.1, -0.05) is 31.4 Å². The van der Waals surface area contributed by atoms with Crippen LogP contribution >= 0.6 is 0 Å². The summed E-state index contributed by atoms with van der Waals surface area (Å²) in [6, 6.07) is 7.60. The van der Waals surface area contributed by atoms with Gasteiger partial charge in [0.1, 0.15) is 11.9 Å². The molecule has 3 rings (SSSR count). The highest BCUT2D eigenvalue weighted by Crippen LogP contribution is 2.38. The Kier molecular flexibility index (Phi) is 4.00. The Balaban J connectivity index is 1.98. The predicted octanol–water partition coefficient (Wildman–Crippen LogP) is 3.66. The number of carbonyl (C=O) groups excluding carboxylic acids is 1. The SMILES string of the molecule is CN(C)/C=C1\C(=O)c2ccccc2O[C@H]1C1CCCCC1. The summed E-state index contributed by atoms with van der Waals surface area (Å²) in [6.07, 6.45) is 7.97. The molecule has 0 amide bonds. The minimum absolute atomic E-state index is 0.0879. The van der Waals surface area contributed by atoms with Crippen LogP contribution in [-0.4, -0.2) is 30.9 Å². The lowest BCUT2D eigenvalue weighted by molar-refractivity contribution is 0.0856. The highest BCUT2D eigenvalue weighted by atomic mass is 16.5.